The second-order valence-electron chi connectivity index (χ2n) is 5.68. The monoisotopic (exact) mass is 313 g/mol. The fourth-order valence-corrected chi connectivity index (χ4v) is 3.11. The van der Waals surface area contributed by atoms with Crippen LogP contribution >= 0.6 is 11.6 Å². The molecule has 3 nitrogen and oxygen atoms in total. The lowest BCUT2D eigenvalue weighted by molar-refractivity contribution is 0.672. The molecule has 3 rings (SSSR count). The van der Waals surface area contributed by atoms with Crippen molar-refractivity contribution in [2.75, 3.05) is 0 Å². The number of aromatic nitrogens is 2. The van der Waals surface area contributed by atoms with Crippen molar-refractivity contribution in [3.63, 3.8) is 0 Å². The molecule has 22 heavy (non-hydrogen) atoms. The first-order valence-electron chi connectivity index (χ1n) is 7.66. The molecule has 0 saturated carbocycles. The lowest BCUT2D eigenvalue weighted by atomic mass is 10.0. The molecule has 0 saturated heterocycles. The van der Waals surface area contributed by atoms with Gasteiger partial charge in [-0.3, -0.25) is 0 Å². The molecule has 1 aromatic carbocycles. The van der Waals surface area contributed by atoms with Gasteiger partial charge in [-0.1, -0.05) is 36.7 Å². The van der Waals surface area contributed by atoms with Crippen molar-refractivity contribution in [3.05, 3.63) is 64.2 Å². The van der Waals surface area contributed by atoms with Crippen LogP contribution in [0.25, 0.3) is 5.57 Å². The highest BCUT2D eigenvalue weighted by Crippen LogP contribution is 2.37. The number of benzene rings is 1. The van der Waals surface area contributed by atoms with Crippen molar-refractivity contribution in [1.82, 2.24) is 15.3 Å². The predicted octanol–water partition coefficient (Wildman–Crippen LogP) is 4.33. The van der Waals surface area contributed by atoms with Crippen LogP contribution in [0.2, 0.25) is 5.02 Å². The summed E-state index contributed by atoms with van der Waals surface area (Å²) < 4.78 is 0. The van der Waals surface area contributed by atoms with Gasteiger partial charge >= 0.3 is 0 Å². The Hall–Kier alpha value is -1.71. The van der Waals surface area contributed by atoms with E-state index in [4.69, 9.17) is 11.6 Å². The molecule has 0 radical (unpaired) electrons. The summed E-state index contributed by atoms with van der Waals surface area (Å²) in [5.41, 5.74) is 6.01. The fourth-order valence-electron chi connectivity index (χ4n) is 2.99. The average molecular weight is 314 g/mol. The minimum absolute atomic E-state index is 0.438. The van der Waals surface area contributed by atoms with Gasteiger partial charge < -0.3 is 5.32 Å². The number of halogens is 1. The number of hydrogen-bond acceptors (Lipinski definition) is 3. The summed E-state index contributed by atoms with van der Waals surface area (Å²) in [6, 6.07) is 7.91. The summed E-state index contributed by atoms with van der Waals surface area (Å²) in [6.07, 6.45) is 5.08. The SMILES string of the molecule is CCC1C=C(C)c2c(CNCc3ccc(Cl)cc3)ncnc21. The van der Waals surface area contributed by atoms with E-state index >= 15 is 0 Å². The molecule has 1 aliphatic carbocycles. The topological polar surface area (TPSA) is 37.8 Å². The van der Waals surface area contributed by atoms with Crippen LogP contribution < -0.4 is 5.32 Å². The Morgan fingerprint density at radius 3 is 2.64 bits per heavy atom. The first kappa shape index (κ1) is 15.2. The van der Waals surface area contributed by atoms with Gasteiger partial charge in [-0.15, -0.1) is 0 Å². The van der Waals surface area contributed by atoms with Crippen molar-refractivity contribution in [2.45, 2.75) is 39.3 Å². The van der Waals surface area contributed by atoms with Crippen LogP contribution in [0.1, 0.15) is 48.7 Å². The number of allylic oxidation sites excluding steroid dienone is 2. The van der Waals surface area contributed by atoms with E-state index in [9.17, 15) is 0 Å². The molecule has 1 aromatic heterocycles. The van der Waals surface area contributed by atoms with E-state index in [1.54, 1.807) is 6.33 Å². The lowest BCUT2D eigenvalue weighted by Crippen LogP contribution is -2.16. The van der Waals surface area contributed by atoms with Crippen LogP contribution in [0.5, 0.6) is 0 Å². The zero-order valence-electron chi connectivity index (χ0n) is 12.9. The summed E-state index contributed by atoms with van der Waals surface area (Å²) in [5.74, 6) is 0.438. The molecule has 1 N–H and O–H groups in total. The van der Waals surface area contributed by atoms with Crippen LogP contribution in [0.3, 0.4) is 0 Å². The third kappa shape index (κ3) is 3.06. The quantitative estimate of drug-likeness (QED) is 0.892. The van der Waals surface area contributed by atoms with Crippen LogP contribution in [0.15, 0.2) is 36.7 Å². The Kier molecular flexibility index (Phi) is 4.55. The largest absolute Gasteiger partial charge is 0.307 e. The Morgan fingerprint density at radius 2 is 1.91 bits per heavy atom. The smallest absolute Gasteiger partial charge is 0.116 e. The normalized spacial score (nSPS) is 16.5. The first-order chi connectivity index (χ1) is 10.7. The summed E-state index contributed by atoms with van der Waals surface area (Å²) in [5, 5.41) is 4.23. The molecule has 0 amide bonds. The minimum atomic E-state index is 0.438. The molecule has 1 aliphatic rings. The van der Waals surface area contributed by atoms with Crippen LogP contribution in [0, 0.1) is 0 Å². The van der Waals surface area contributed by atoms with Gasteiger partial charge in [0.25, 0.3) is 0 Å². The number of fused-ring (bicyclic) bond motifs is 1. The van der Waals surface area contributed by atoms with Gasteiger partial charge in [0.1, 0.15) is 6.33 Å². The van der Waals surface area contributed by atoms with Gasteiger partial charge in [-0.25, -0.2) is 9.97 Å². The van der Waals surface area contributed by atoms with Gasteiger partial charge in [0.2, 0.25) is 0 Å². The van der Waals surface area contributed by atoms with Gasteiger partial charge in [-0.2, -0.15) is 0 Å². The highest BCUT2D eigenvalue weighted by molar-refractivity contribution is 6.30. The minimum Gasteiger partial charge on any atom is -0.307 e. The number of hydrogen-bond donors (Lipinski definition) is 1. The molecule has 1 atom stereocenters. The third-order valence-electron chi connectivity index (χ3n) is 4.13. The van der Waals surface area contributed by atoms with Crippen molar-refractivity contribution in [2.24, 2.45) is 0 Å². The van der Waals surface area contributed by atoms with Crippen molar-refractivity contribution < 1.29 is 0 Å². The molecule has 0 aliphatic heterocycles. The Balaban J connectivity index is 1.70. The average Bonchev–Trinajstić information content (AvgIpc) is 2.87. The van der Waals surface area contributed by atoms with Crippen LogP contribution in [0.4, 0.5) is 0 Å². The summed E-state index contributed by atoms with van der Waals surface area (Å²) >= 11 is 5.91. The van der Waals surface area contributed by atoms with Gasteiger partial charge in [0, 0.05) is 29.6 Å². The van der Waals surface area contributed by atoms with Crippen LogP contribution in [-0.2, 0) is 13.1 Å². The zero-order chi connectivity index (χ0) is 15.5. The lowest BCUT2D eigenvalue weighted by Gasteiger charge is -2.11. The highest BCUT2D eigenvalue weighted by atomic mass is 35.5. The molecule has 4 heteroatoms. The molecule has 0 spiro atoms. The Labute approximate surface area is 136 Å². The fraction of sp³-hybridized carbons (Fsp3) is 0.333. The van der Waals surface area contributed by atoms with Gasteiger partial charge in [0.15, 0.2) is 0 Å². The second kappa shape index (κ2) is 6.59. The molecule has 1 heterocycles. The molecule has 2 aromatic rings. The van der Waals surface area contributed by atoms with Crippen LogP contribution in [-0.4, -0.2) is 9.97 Å². The zero-order valence-corrected chi connectivity index (χ0v) is 13.7. The van der Waals surface area contributed by atoms with Gasteiger partial charge in [0.05, 0.1) is 11.4 Å². The van der Waals surface area contributed by atoms with E-state index in [0.29, 0.717) is 5.92 Å². The maximum atomic E-state index is 5.91. The highest BCUT2D eigenvalue weighted by Gasteiger charge is 2.24. The number of nitrogens with one attached hydrogen (secondary N) is 1. The molecular weight excluding hydrogens is 294 g/mol. The van der Waals surface area contributed by atoms with E-state index in [-0.39, 0.29) is 0 Å². The Morgan fingerprint density at radius 1 is 1.14 bits per heavy atom. The second-order valence-corrected chi connectivity index (χ2v) is 6.11. The first-order valence-corrected chi connectivity index (χ1v) is 8.04. The standard InChI is InChI=1S/C18H20ClN3/c1-3-14-8-12(2)17-16(21-11-22-18(14)17)10-20-9-13-4-6-15(19)7-5-13/h4-8,11,14,20H,3,9-10H2,1-2H3. The van der Waals surface area contributed by atoms with Crippen molar-refractivity contribution in [3.8, 4) is 0 Å². The van der Waals surface area contributed by atoms with Crippen molar-refractivity contribution in [1.29, 1.82) is 0 Å². The van der Waals surface area contributed by atoms with E-state index in [1.165, 1.54) is 22.4 Å². The van der Waals surface area contributed by atoms with Gasteiger partial charge in [-0.05, 0) is 36.6 Å². The van der Waals surface area contributed by atoms with E-state index in [0.717, 1.165) is 30.2 Å². The predicted molar refractivity (Wildman–Crippen MR) is 90.7 cm³/mol. The third-order valence-corrected chi connectivity index (χ3v) is 4.38. The summed E-state index contributed by atoms with van der Waals surface area (Å²) in [6.45, 7) is 5.90. The summed E-state index contributed by atoms with van der Waals surface area (Å²) in [7, 11) is 0. The van der Waals surface area contributed by atoms with E-state index in [1.807, 2.05) is 24.3 Å². The molecule has 0 bridgehead atoms. The molecular formula is C18H20ClN3. The Bertz CT molecular complexity index is 692. The maximum Gasteiger partial charge on any atom is 0.116 e. The molecule has 114 valence electrons. The maximum absolute atomic E-state index is 5.91. The van der Waals surface area contributed by atoms with E-state index < -0.39 is 0 Å². The van der Waals surface area contributed by atoms with Crippen molar-refractivity contribution >= 4 is 17.2 Å². The summed E-state index contributed by atoms with van der Waals surface area (Å²) in [4.78, 5) is 8.97. The van der Waals surface area contributed by atoms with E-state index in [2.05, 4.69) is 35.2 Å². The number of nitrogens with zero attached hydrogens (tertiary/aromatic N) is 2. The molecule has 0 fully saturated rings. The molecule has 1 unspecified atom stereocenters. The number of rotatable bonds is 5.